The van der Waals surface area contributed by atoms with Crippen LogP contribution in [0.1, 0.15) is 10.4 Å². The summed E-state index contributed by atoms with van der Waals surface area (Å²) in [7, 11) is 0. The van der Waals surface area contributed by atoms with Gasteiger partial charge >= 0.3 is 0 Å². The third-order valence-electron chi connectivity index (χ3n) is 1.90. The van der Waals surface area contributed by atoms with Crippen LogP contribution < -0.4 is 11.1 Å². The lowest BCUT2D eigenvalue weighted by Crippen LogP contribution is -2.13. The van der Waals surface area contributed by atoms with Gasteiger partial charge in [0.25, 0.3) is 5.91 Å². The lowest BCUT2D eigenvalue weighted by molar-refractivity contribution is 0.102. The van der Waals surface area contributed by atoms with Gasteiger partial charge in [-0.2, -0.15) is 0 Å². The second kappa shape index (κ2) is 4.63. The summed E-state index contributed by atoms with van der Waals surface area (Å²) in [5, 5.41) is 4.41. The summed E-state index contributed by atoms with van der Waals surface area (Å²) in [5.74, 6) is 0.169. The fourth-order valence-corrected chi connectivity index (χ4v) is 2.27. The van der Waals surface area contributed by atoms with Crippen LogP contribution in [0.25, 0.3) is 0 Å². The molecule has 0 aliphatic carbocycles. The molecule has 0 unspecified atom stereocenters. The Morgan fingerprint density at radius 3 is 3.00 bits per heavy atom. The van der Waals surface area contributed by atoms with Crippen LogP contribution in [0, 0.1) is 0 Å². The minimum atomic E-state index is -0.215. The van der Waals surface area contributed by atoms with Crippen molar-refractivity contribution in [3.05, 3.63) is 39.1 Å². The summed E-state index contributed by atoms with van der Waals surface area (Å²) < 4.78 is 0.909. The van der Waals surface area contributed by atoms with Crippen molar-refractivity contribution in [1.29, 1.82) is 0 Å². The number of nitrogens with zero attached hydrogens (tertiary/aromatic N) is 1. The van der Waals surface area contributed by atoms with Crippen LogP contribution in [0.5, 0.6) is 0 Å². The zero-order valence-electron chi connectivity index (χ0n) is 8.11. The molecule has 0 aliphatic heterocycles. The molecule has 4 nitrogen and oxygen atoms in total. The summed E-state index contributed by atoms with van der Waals surface area (Å²) in [6, 6.07) is 5.15. The quantitative estimate of drug-likeness (QED) is 0.895. The Hall–Kier alpha value is -1.40. The third kappa shape index (κ3) is 2.40. The zero-order chi connectivity index (χ0) is 11.5. The number of rotatable bonds is 2. The smallest absolute Gasteiger partial charge is 0.257 e. The first kappa shape index (κ1) is 11.1. The van der Waals surface area contributed by atoms with Gasteiger partial charge in [-0.15, -0.1) is 11.3 Å². The molecule has 2 aromatic rings. The molecule has 0 saturated carbocycles. The third-order valence-corrected chi connectivity index (χ3v) is 3.40. The van der Waals surface area contributed by atoms with Crippen LogP contribution in [-0.2, 0) is 0 Å². The molecule has 0 atom stereocenters. The minimum Gasteiger partial charge on any atom is -0.396 e. The first-order chi connectivity index (χ1) is 7.66. The molecule has 1 amide bonds. The van der Waals surface area contributed by atoms with Crippen molar-refractivity contribution in [3.8, 4) is 0 Å². The van der Waals surface area contributed by atoms with Crippen LogP contribution in [0.2, 0.25) is 0 Å². The molecule has 0 aliphatic rings. The average molecular weight is 298 g/mol. The molecule has 0 spiro atoms. The van der Waals surface area contributed by atoms with Gasteiger partial charge in [0.1, 0.15) is 0 Å². The van der Waals surface area contributed by atoms with E-state index in [-0.39, 0.29) is 5.91 Å². The number of hydrogen-bond acceptors (Lipinski definition) is 4. The maximum absolute atomic E-state index is 11.8. The number of aromatic nitrogens is 1. The van der Waals surface area contributed by atoms with Crippen LogP contribution in [0.15, 0.2) is 33.6 Å². The number of nitrogens with two attached hydrogens (primary N) is 1. The van der Waals surface area contributed by atoms with Crippen LogP contribution in [0.4, 0.5) is 11.5 Å². The molecule has 6 heteroatoms. The van der Waals surface area contributed by atoms with Crippen LogP contribution >= 0.6 is 27.3 Å². The summed E-state index contributed by atoms with van der Waals surface area (Å²) in [6.07, 6.45) is 1.58. The van der Waals surface area contributed by atoms with Crippen molar-refractivity contribution >= 4 is 44.7 Å². The number of carbonyl (C=O) groups excluding carboxylic acids is 1. The molecule has 0 radical (unpaired) electrons. The van der Waals surface area contributed by atoms with Gasteiger partial charge in [-0.05, 0) is 34.1 Å². The molecule has 2 rings (SSSR count). The minimum absolute atomic E-state index is 0.215. The van der Waals surface area contributed by atoms with Crippen LogP contribution in [-0.4, -0.2) is 10.9 Å². The van der Waals surface area contributed by atoms with E-state index in [1.54, 1.807) is 29.8 Å². The second-order valence-electron chi connectivity index (χ2n) is 3.03. The van der Waals surface area contributed by atoms with Crippen molar-refractivity contribution in [2.24, 2.45) is 0 Å². The molecule has 0 aromatic carbocycles. The number of amides is 1. The zero-order valence-corrected chi connectivity index (χ0v) is 10.5. The molecule has 2 aromatic heterocycles. The van der Waals surface area contributed by atoms with Crippen LogP contribution in [0.3, 0.4) is 0 Å². The molecule has 0 saturated heterocycles. The average Bonchev–Trinajstić information content (AvgIpc) is 2.68. The van der Waals surface area contributed by atoms with Gasteiger partial charge in [-0.3, -0.25) is 4.79 Å². The lowest BCUT2D eigenvalue weighted by atomic mass is 10.3. The second-order valence-corrected chi connectivity index (χ2v) is 5.33. The Morgan fingerprint density at radius 1 is 1.56 bits per heavy atom. The summed E-state index contributed by atoms with van der Waals surface area (Å²) in [4.78, 5) is 15.7. The van der Waals surface area contributed by atoms with Crippen molar-refractivity contribution in [1.82, 2.24) is 4.98 Å². The normalized spacial score (nSPS) is 10.1. The maximum Gasteiger partial charge on any atom is 0.257 e. The monoisotopic (exact) mass is 297 g/mol. The number of carbonyl (C=O) groups is 1. The Morgan fingerprint density at radius 2 is 2.38 bits per heavy atom. The molecular formula is C10H8BrN3OS. The Kier molecular flexibility index (Phi) is 3.21. The number of anilines is 2. The molecule has 16 heavy (non-hydrogen) atoms. The summed E-state index contributed by atoms with van der Waals surface area (Å²) in [6.45, 7) is 0. The first-order valence-electron chi connectivity index (χ1n) is 4.42. The van der Waals surface area contributed by atoms with E-state index in [4.69, 9.17) is 5.73 Å². The van der Waals surface area contributed by atoms with Crippen molar-refractivity contribution < 1.29 is 4.79 Å². The summed E-state index contributed by atoms with van der Waals surface area (Å²) >= 11 is 4.75. The number of pyridine rings is 1. The van der Waals surface area contributed by atoms with Gasteiger partial charge in [0.05, 0.1) is 15.0 Å². The van der Waals surface area contributed by atoms with E-state index in [0.717, 1.165) is 3.79 Å². The summed E-state index contributed by atoms with van der Waals surface area (Å²) in [5.41, 5.74) is 6.70. The van der Waals surface area contributed by atoms with E-state index in [1.165, 1.54) is 11.3 Å². The van der Waals surface area contributed by atoms with E-state index >= 15 is 0 Å². The molecular weight excluding hydrogens is 290 g/mol. The highest BCUT2D eigenvalue weighted by Gasteiger charge is 2.10. The Bertz CT molecular complexity index is 526. The van der Waals surface area contributed by atoms with E-state index < -0.39 is 0 Å². The SMILES string of the molecule is Nc1cccnc1NC(=O)c1csc(Br)c1. The number of hydrogen-bond donors (Lipinski definition) is 2. The number of nitrogen functional groups attached to an aromatic ring is 1. The fourth-order valence-electron chi connectivity index (χ4n) is 1.13. The topological polar surface area (TPSA) is 68.0 Å². The molecule has 3 N–H and O–H groups in total. The standard InChI is InChI=1S/C10H8BrN3OS/c11-8-4-6(5-16-8)10(15)14-9-7(12)2-1-3-13-9/h1-5H,12H2,(H,13,14,15). The van der Waals surface area contributed by atoms with Gasteiger partial charge in [-0.25, -0.2) is 4.98 Å². The first-order valence-corrected chi connectivity index (χ1v) is 6.10. The predicted octanol–water partition coefficient (Wildman–Crippen LogP) is 2.74. The Balaban J connectivity index is 2.17. The molecule has 0 bridgehead atoms. The van der Waals surface area contributed by atoms with Gasteiger partial charge in [-0.1, -0.05) is 0 Å². The highest BCUT2D eigenvalue weighted by molar-refractivity contribution is 9.11. The lowest BCUT2D eigenvalue weighted by Gasteiger charge is -2.04. The van der Waals surface area contributed by atoms with Crippen molar-refractivity contribution in [3.63, 3.8) is 0 Å². The van der Waals surface area contributed by atoms with Gasteiger partial charge in [0, 0.05) is 11.6 Å². The highest BCUT2D eigenvalue weighted by Crippen LogP contribution is 2.22. The van der Waals surface area contributed by atoms with Crippen molar-refractivity contribution in [2.45, 2.75) is 0 Å². The predicted molar refractivity (Wildman–Crippen MR) is 68.6 cm³/mol. The van der Waals surface area contributed by atoms with Gasteiger partial charge in [0.2, 0.25) is 0 Å². The van der Waals surface area contributed by atoms with Gasteiger partial charge < -0.3 is 11.1 Å². The molecule has 2 heterocycles. The number of thiophene rings is 1. The van der Waals surface area contributed by atoms with E-state index in [2.05, 4.69) is 26.2 Å². The fraction of sp³-hybridized carbons (Fsp3) is 0. The Labute approximate surface area is 105 Å². The molecule has 0 fully saturated rings. The van der Waals surface area contributed by atoms with E-state index in [9.17, 15) is 4.79 Å². The maximum atomic E-state index is 11.8. The number of nitrogens with one attached hydrogen (secondary N) is 1. The number of halogens is 1. The largest absolute Gasteiger partial charge is 0.396 e. The van der Waals surface area contributed by atoms with Gasteiger partial charge in [0.15, 0.2) is 5.82 Å². The highest BCUT2D eigenvalue weighted by atomic mass is 79.9. The van der Waals surface area contributed by atoms with Crippen molar-refractivity contribution in [2.75, 3.05) is 11.1 Å². The van der Waals surface area contributed by atoms with E-state index in [0.29, 0.717) is 17.1 Å². The van der Waals surface area contributed by atoms with E-state index in [1.807, 2.05) is 0 Å². The molecule has 82 valence electrons.